The van der Waals surface area contributed by atoms with Gasteiger partial charge in [-0.2, -0.15) is 4.31 Å². The lowest BCUT2D eigenvalue weighted by Crippen LogP contribution is -2.36. The fraction of sp³-hybridized carbons (Fsp3) is 0.571. The second-order valence-corrected chi connectivity index (χ2v) is 7.38. The predicted molar refractivity (Wildman–Crippen MR) is 76.2 cm³/mol. The molecule has 0 spiro atoms. The minimum atomic E-state index is -3.82. The number of rotatable bonds is 6. The van der Waals surface area contributed by atoms with Crippen molar-refractivity contribution in [2.24, 2.45) is 5.92 Å². The van der Waals surface area contributed by atoms with Gasteiger partial charge in [-0.15, -0.1) is 0 Å². The minimum absolute atomic E-state index is 0.168. The van der Waals surface area contributed by atoms with E-state index in [1.807, 2.05) is 20.8 Å². The molecule has 20 heavy (non-hydrogen) atoms. The van der Waals surface area contributed by atoms with Gasteiger partial charge in [0.25, 0.3) is 0 Å². The molecule has 0 saturated carbocycles. The van der Waals surface area contributed by atoms with E-state index in [1.165, 1.54) is 17.4 Å². The summed E-state index contributed by atoms with van der Waals surface area (Å²) in [6.07, 6.45) is 0.708. The monoisotopic (exact) mass is 303 g/mol. The normalized spacial score (nSPS) is 14.0. The molecular weight excluding hydrogens is 281 g/mol. The number of aliphatic hydroxyl groups excluding tert-OH is 1. The summed E-state index contributed by atoms with van der Waals surface area (Å²) in [7, 11) is -2.34. The van der Waals surface area contributed by atoms with Gasteiger partial charge in [0.05, 0.1) is 11.5 Å². The minimum Gasteiger partial charge on any atom is -0.392 e. The SMILES string of the molecule is CC(C)CC(C)N(C)S(=O)(=O)c1cc(F)ccc1CO. The number of hydrogen-bond donors (Lipinski definition) is 1. The van der Waals surface area contributed by atoms with Crippen LogP contribution in [0.25, 0.3) is 0 Å². The third-order valence-electron chi connectivity index (χ3n) is 3.29. The van der Waals surface area contributed by atoms with Crippen LogP contribution in [0.15, 0.2) is 23.1 Å². The number of sulfonamides is 1. The maximum absolute atomic E-state index is 13.3. The van der Waals surface area contributed by atoms with Crippen molar-refractivity contribution in [3.05, 3.63) is 29.6 Å². The lowest BCUT2D eigenvalue weighted by molar-refractivity contribution is 0.277. The summed E-state index contributed by atoms with van der Waals surface area (Å²) in [4.78, 5) is -0.168. The molecule has 0 heterocycles. The molecule has 0 fully saturated rings. The molecule has 0 aliphatic rings. The van der Waals surface area contributed by atoms with Crippen LogP contribution in [0.2, 0.25) is 0 Å². The Morgan fingerprint density at radius 2 is 1.90 bits per heavy atom. The summed E-state index contributed by atoms with van der Waals surface area (Å²) in [6, 6.07) is 3.19. The number of halogens is 1. The van der Waals surface area contributed by atoms with Crippen LogP contribution in [0.5, 0.6) is 0 Å². The standard InChI is InChI=1S/C14H22FNO3S/c1-10(2)7-11(3)16(4)20(18,19)14-8-13(15)6-5-12(14)9-17/h5-6,8,10-11,17H,7,9H2,1-4H3. The predicted octanol–water partition coefficient (Wildman–Crippen LogP) is 2.37. The van der Waals surface area contributed by atoms with Gasteiger partial charge in [0.2, 0.25) is 10.0 Å². The van der Waals surface area contributed by atoms with Crippen LogP contribution in [-0.4, -0.2) is 30.9 Å². The van der Waals surface area contributed by atoms with Crippen LogP contribution < -0.4 is 0 Å². The van der Waals surface area contributed by atoms with E-state index in [0.29, 0.717) is 12.3 Å². The Morgan fingerprint density at radius 3 is 2.40 bits per heavy atom. The largest absolute Gasteiger partial charge is 0.392 e. The number of benzene rings is 1. The van der Waals surface area contributed by atoms with Crippen molar-refractivity contribution in [2.75, 3.05) is 7.05 Å². The Labute approximate surface area is 120 Å². The van der Waals surface area contributed by atoms with E-state index in [-0.39, 0.29) is 16.5 Å². The van der Waals surface area contributed by atoms with Gasteiger partial charge in [-0.3, -0.25) is 0 Å². The van der Waals surface area contributed by atoms with Crippen LogP contribution in [0.3, 0.4) is 0 Å². The fourth-order valence-electron chi connectivity index (χ4n) is 2.12. The van der Waals surface area contributed by atoms with Gasteiger partial charge in [0, 0.05) is 13.1 Å². The molecule has 4 nitrogen and oxygen atoms in total. The first kappa shape index (κ1) is 17.1. The molecule has 1 N–H and O–H groups in total. The van der Waals surface area contributed by atoms with Crippen LogP contribution in [-0.2, 0) is 16.6 Å². The van der Waals surface area contributed by atoms with Crippen LogP contribution in [0.4, 0.5) is 4.39 Å². The van der Waals surface area contributed by atoms with Crippen molar-refractivity contribution in [1.82, 2.24) is 4.31 Å². The molecule has 1 rings (SSSR count). The second kappa shape index (κ2) is 6.65. The van der Waals surface area contributed by atoms with Crippen molar-refractivity contribution < 1.29 is 17.9 Å². The molecule has 0 amide bonds. The van der Waals surface area contributed by atoms with E-state index >= 15 is 0 Å². The van der Waals surface area contributed by atoms with Crippen LogP contribution in [0, 0.1) is 11.7 Å². The van der Waals surface area contributed by atoms with Gasteiger partial charge in [0.1, 0.15) is 5.82 Å². The van der Waals surface area contributed by atoms with E-state index in [9.17, 15) is 17.9 Å². The lowest BCUT2D eigenvalue weighted by Gasteiger charge is -2.26. The molecule has 1 aromatic rings. The highest BCUT2D eigenvalue weighted by atomic mass is 32.2. The third kappa shape index (κ3) is 3.77. The maximum atomic E-state index is 13.3. The number of hydrogen-bond acceptors (Lipinski definition) is 3. The van der Waals surface area contributed by atoms with Crippen molar-refractivity contribution >= 4 is 10.0 Å². The van der Waals surface area contributed by atoms with E-state index in [1.54, 1.807) is 0 Å². The van der Waals surface area contributed by atoms with Crippen molar-refractivity contribution in [1.29, 1.82) is 0 Å². The molecule has 0 bridgehead atoms. The average molecular weight is 303 g/mol. The molecule has 1 atom stereocenters. The van der Waals surface area contributed by atoms with Gasteiger partial charge >= 0.3 is 0 Å². The quantitative estimate of drug-likeness (QED) is 0.878. The van der Waals surface area contributed by atoms with Crippen LogP contribution >= 0.6 is 0 Å². The van der Waals surface area contributed by atoms with E-state index in [0.717, 1.165) is 12.1 Å². The highest BCUT2D eigenvalue weighted by Crippen LogP contribution is 2.24. The first-order valence-electron chi connectivity index (χ1n) is 6.57. The Hall–Kier alpha value is -0.980. The van der Waals surface area contributed by atoms with Crippen LogP contribution in [0.1, 0.15) is 32.8 Å². The first-order chi connectivity index (χ1) is 9.20. The number of nitrogens with zero attached hydrogens (tertiary/aromatic N) is 1. The highest BCUT2D eigenvalue weighted by molar-refractivity contribution is 7.89. The van der Waals surface area contributed by atoms with Crippen molar-refractivity contribution in [2.45, 2.75) is 44.7 Å². The summed E-state index contributed by atoms with van der Waals surface area (Å²) < 4.78 is 39.6. The molecule has 1 aromatic carbocycles. The van der Waals surface area contributed by atoms with Gasteiger partial charge < -0.3 is 5.11 Å². The van der Waals surface area contributed by atoms with Crippen molar-refractivity contribution in [3.8, 4) is 0 Å². The van der Waals surface area contributed by atoms with E-state index in [4.69, 9.17) is 0 Å². The molecule has 0 aromatic heterocycles. The Kier molecular flexibility index (Phi) is 5.68. The average Bonchev–Trinajstić information content (AvgIpc) is 2.36. The third-order valence-corrected chi connectivity index (χ3v) is 5.34. The summed E-state index contributed by atoms with van der Waals surface area (Å²) in [5.41, 5.74) is 0.204. The highest BCUT2D eigenvalue weighted by Gasteiger charge is 2.28. The molecule has 1 unspecified atom stereocenters. The zero-order chi connectivity index (χ0) is 15.5. The Bertz CT molecular complexity index is 558. The second-order valence-electron chi connectivity index (χ2n) is 5.41. The van der Waals surface area contributed by atoms with Gasteiger partial charge in [-0.25, -0.2) is 12.8 Å². The lowest BCUT2D eigenvalue weighted by atomic mass is 10.1. The van der Waals surface area contributed by atoms with Gasteiger partial charge in [-0.1, -0.05) is 19.9 Å². The Balaban J connectivity index is 3.19. The summed E-state index contributed by atoms with van der Waals surface area (Å²) >= 11 is 0. The molecule has 0 aliphatic heterocycles. The molecule has 0 saturated heterocycles. The first-order valence-corrected chi connectivity index (χ1v) is 8.01. The van der Waals surface area contributed by atoms with Crippen molar-refractivity contribution in [3.63, 3.8) is 0 Å². The van der Waals surface area contributed by atoms with Gasteiger partial charge in [0.15, 0.2) is 0 Å². The molecule has 6 heteroatoms. The maximum Gasteiger partial charge on any atom is 0.243 e. The molecule has 0 radical (unpaired) electrons. The summed E-state index contributed by atoms with van der Waals surface area (Å²) in [5.74, 6) is -0.279. The summed E-state index contributed by atoms with van der Waals surface area (Å²) in [5, 5.41) is 9.23. The number of aliphatic hydroxyl groups is 1. The zero-order valence-electron chi connectivity index (χ0n) is 12.3. The fourth-order valence-corrected chi connectivity index (χ4v) is 3.72. The molecular formula is C14H22FNO3S. The molecule has 114 valence electrons. The van der Waals surface area contributed by atoms with E-state index < -0.39 is 22.4 Å². The zero-order valence-corrected chi connectivity index (χ0v) is 13.1. The topological polar surface area (TPSA) is 57.6 Å². The molecule has 0 aliphatic carbocycles. The smallest absolute Gasteiger partial charge is 0.243 e. The van der Waals surface area contributed by atoms with Gasteiger partial charge in [-0.05, 0) is 37.0 Å². The summed E-state index contributed by atoms with van der Waals surface area (Å²) in [6.45, 7) is 5.40. The van der Waals surface area contributed by atoms with E-state index in [2.05, 4.69) is 0 Å². The Morgan fingerprint density at radius 1 is 1.30 bits per heavy atom.